The molecule has 7 rings (SSSR count). The number of rotatable bonds is 5. The van der Waals surface area contributed by atoms with Crippen molar-refractivity contribution in [3.05, 3.63) is 75.6 Å². The number of hydrogen-bond acceptors (Lipinski definition) is 4. The summed E-state index contributed by atoms with van der Waals surface area (Å²) in [6, 6.07) is 11.6. The Labute approximate surface area is 230 Å². The number of nitrogens with zero attached hydrogens (tertiary/aromatic N) is 3. The number of anilines is 1. The van der Waals surface area contributed by atoms with Crippen molar-refractivity contribution >= 4 is 51.3 Å². The fourth-order valence-electron chi connectivity index (χ4n) is 6.28. The van der Waals surface area contributed by atoms with Crippen molar-refractivity contribution in [2.75, 3.05) is 18.0 Å². The van der Waals surface area contributed by atoms with E-state index in [9.17, 15) is 9.90 Å². The highest BCUT2D eigenvalue weighted by Crippen LogP contribution is 2.56. The van der Waals surface area contributed by atoms with Gasteiger partial charge in [0.1, 0.15) is 11.5 Å². The maximum Gasteiger partial charge on any atom is 0.337 e. The molecule has 2 aliphatic carbocycles. The Hall–Kier alpha value is -3.22. The van der Waals surface area contributed by atoms with Crippen LogP contribution in [0, 0.1) is 5.41 Å². The zero-order valence-corrected chi connectivity index (χ0v) is 22.5. The number of aromatic nitrogens is 2. The summed E-state index contributed by atoms with van der Waals surface area (Å²) in [7, 11) is 1.90. The molecule has 3 heterocycles. The summed E-state index contributed by atoms with van der Waals surface area (Å²) in [5, 5.41) is 15.9. The van der Waals surface area contributed by atoms with E-state index < -0.39 is 5.97 Å². The van der Waals surface area contributed by atoms with Crippen molar-refractivity contribution in [2.24, 2.45) is 12.5 Å². The molecule has 0 amide bonds. The summed E-state index contributed by atoms with van der Waals surface area (Å²) in [6.07, 6.45) is 9.51. The minimum absolute atomic E-state index is 0.178. The zero-order valence-electron chi connectivity index (χ0n) is 21.0. The van der Waals surface area contributed by atoms with Gasteiger partial charge in [0.25, 0.3) is 0 Å². The first-order valence-corrected chi connectivity index (χ1v) is 13.8. The van der Waals surface area contributed by atoms with Crippen molar-refractivity contribution in [3.8, 4) is 11.3 Å². The van der Waals surface area contributed by atoms with Gasteiger partial charge in [0.15, 0.2) is 0 Å². The summed E-state index contributed by atoms with van der Waals surface area (Å²) >= 11 is 13.1. The summed E-state index contributed by atoms with van der Waals surface area (Å²) in [5.74, 6) is 0.514. The monoisotopic (exact) mass is 547 g/mol. The molecule has 1 aliphatic heterocycles. The summed E-state index contributed by atoms with van der Waals surface area (Å²) in [5.41, 5.74) is 6.50. The lowest BCUT2D eigenvalue weighted by atomic mass is 9.63. The molecular formula is C30H27Cl2N3O3. The molecule has 1 spiro atoms. The maximum atomic E-state index is 11.6. The van der Waals surface area contributed by atoms with Crippen LogP contribution < -0.4 is 4.90 Å². The summed E-state index contributed by atoms with van der Waals surface area (Å²) in [6.45, 7) is 1.90. The Morgan fingerprint density at radius 3 is 2.47 bits per heavy atom. The molecule has 0 radical (unpaired) electrons. The van der Waals surface area contributed by atoms with E-state index in [1.54, 1.807) is 6.20 Å². The molecule has 8 heteroatoms. The Morgan fingerprint density at radius 2 is 1.82 bits per heavy atom. The molecule has 2 aromatic heterocycles. The third kappa shape index (κ3) is 3.76. The van der Waals surface area contributed by atoms with E-state index >= 15 is 0 Å². The van der Waals surface area contributed by atoms with E-state index in [2.05, 4.69) is 22.2 Å². The van der Waals surface area contributed by atoms with Gasteiger partial charge in [-0.25, -0.2) is 4.79 Å². The number of allylic oxidation sites excluding steroid dienone is 2. The van der Waals surface area contributed by atoms with E-state index in [0.29, 0.717) is 21.5 Å². The molecule has 6 nitrogen and oxygen atoms in total. The van der Waals surface area contributed by atoms with Gasteiger partial charge in [0.2, 0.25) is 0 Å². The van der Waals surface area contributed by atoms with Crippen LogP contribution in [0.3, 0.4) is 0 Å². The predicted octanol–water partition coefficient (Wildman–Crippen LogP) is 7.79. The Balaban J connectivity index is 1.14. The SMILES string of the molecule is Cn1cc(C(=O)O)c2ccc(N3CCC4(C=C(c5c(-c6c(Cl)cccc6Cl)noc5C5CC5)C4)CC3)cc21. The van der Waals surface area contributed by atoms with Gasteiger partial charge in [-0.15, -0.1) is 0 Å². The van der Waals surface area contributed by atoms with Crippen LogP contribution in [0.4, 0.5) is 5.69 Å². The number of piperidine rings is 1. The highest BCUT2D eigenvalue weighted by atomic mass is 35.5. The molecule has 1 saturated heterocycles. The molecule has 3 aliphatic rings. The normalized spacial score (nSPS) is 18.6. The number of carboxylic acid groups (broad SMARTS) is 1. The Bertz CT molecular complexity index is 1620. The lowest BCUT2D eigenvalue weighted by molar-refractivity contribution is 0.0699. The lowest BCUT2D eigenvalue weighted by Gasteiger charge is -2.47. The van der Waals surface area contributed by atoms with E-state index in [1.807, 2.05) is 41.9 Å². The van der Waals surface area contributed by atoms with Crippen LogP contribution in [0.25, 0.3) is 27.7 Å². The van der Waals surface area contributed by atoms with Crippen LogP contribution in [0.15, 0.2) is 53.2 Å². The molecule has 38 heavy (non-hydrogen) atoms. The second-order valence-corrected chi connectivity index (χ2v) is 11.8. The maximum absolute atomic E-state index is 11.6. The number of carboxylic acids is 1. The van der Waals surface area contributed by atoms with Crippen LogP contribution >= 0.6 is 23.2 Å². The van der Waals surface area contributed by atoms with Gasteiger partial charge in [-0.3, -0.25) is 0 Å². The first-order chi connectivity index (χ1) is 18.3. The number of halogens is 2. The van der Waals surface area contributed by atoms with Crippen molar-refractivity contribution < 1.29 is 14.4 Å². The van der Waals surface area contributed by atoms with Crippen LogP contribution in [-0.4, -0.2) is 33.9 Å². The lowest BCUT2D eigenvalue weighted by Crippen LogP contribution is -2.42. The molecular weight excluding hydrogens is 521 g/mol. The number of aryl methyl sites for hydroxylation is 1. The van der Waals surface area contributed by atoms with Crippen LogP contribution in [0.1, 0.15) is 59.7 Å². The van der Waals surface area contributed by atoms with Crippen molar-refractivity contribution in [2.45, 2.75) is 38.0 Å². The smallest absolute Gasteiger partial charge is 0.337 e. The standard InChI is InChI=1S/C30H27Cl2N3O3/c1-34-16-21(29(36)37)20-8-7-19(13-24(20)34)35-11-9-30(10-12-35)14-18(15-30)25-27(33-38-28(25)17-5-6-17)26-22(31)3-2-4-23(26)32/h2-4,7-8,13-14,16-17H,5-6,9-12,15H2,1H3,(H,36,37). The first kappa shape index (κ1) is 23.9. The minimum Gasteiger partial charge on any atom is -0.478 e. The van der Waals surface area contributed by atoms with Crippen LogP contribution in [0.2, 0.25) is 10.0 Å². The number of carbonyl (C=O) groups is 1. The molecule has 0 bridgehead atoms. The average molecular weight is 548 g/mol. The average Bonchev–Trinajstić information content (AvgIpc) is 3.56. The van der Waals surface area contributed by atoms with E-state index in [1.165, 1.54) is 5.57 Å². The molecule has 2 fully saturated rings. The molecule has 4 aromatic rings. The summed E-state index contributed by atoms with van der Waals surface area (Å²) < 4.78 is 7.79. The third-order valence-corrected chi connectivity index (χ3v) is 9.17. The number of aromatic carboxylic acids is 1. The Morgan fingerprint density at radius 1 is 1.11 bits per heavy atom. The predicted molar refractivity (Wildman–Crippen MR) is 150 cm³/mol. The van der Waals surface area contributed by atoms with Gasteiger partial charge in [0.05, 0.1) is 21.1 Å². The van der Waals surface area contributed by atoms with Crippen LogP contribution in [0.5, 0.6) is 0 Å². The van der Waals surface area contributed by atoms with Crippen molar-refractivity contribution in [3.63, 3.8) is 0 Å². The number of fused-ring (bicyclic) bond motifs is 1. The fourth-order valence-corrected chi connectivity index (χ4v) is 6.86. The second kappa shape index (κ2) is 8.65. The van der Waals surface area contributed by atoms with E-state index in [4.69, 9.17) is 27.7 Å². The zero-order chi connectivity index (χ0) is 26.2. The molecule has 0 atom stereocenters. The fraction of sp³-hybridized carbons (Fsp3) is 0.333. The van der Waals surface area contributed by atoms with Gasteiger partial charge in [0, 0.05) is 54.5 Å². The first-order valence-electron chi connectivity index (χ1n) is 13.1. The van der Waals surface area contributed by atoms with Gasteiger partial charge in [-0.1, -0.05) is 40.5 Å². The molecule has 1 saturated carbocycles. The molecule has 0 unspecified atom stereocenters. The van der Waals surface area contributed by atoms with Gasteiger partial charge < -0.3 is 19.1 Å². The third-order valence-electron chi connectivity index (χ3n) is 8.54. The molecule has 2 aromatic carbocycles. The quantitative estimate of drug-likeness (QED) is 0.276. The van der Waals surface area contributed by atoms with E-state index in [0.717, 1.165) is 84.4 Å². The highest BCUT2D eigenvalue weighted by molar-refractivity contribution is 6.39. The largest absolute Gasteiger partial charge is 0.478 e. The topological polar surface area (TPSA) is 71.5 Å². The van der Waals surface area contributed by atoms with Gasteiger partial charge >= 0.3 is 5.97 Å². The summed E-state index contributed by atoms with van der Waals surface area (Å²) in [4.78, 5) is 14.0. The molecule has 194 valence electrons. The van der Waals surface area contributed by atoms with E-state index in [-0.39, 0.29) is 5.41 Å². The number of hydrogen-bond donors (Lipinski definition) is 1. The second-order valence-electron chi connectivity index (χ2n) is 11.0. The van der Waals surface area contributed by atoms with Gasteiger partial charge in [-0.2, -0.15) is 0 Å². The van der Waals surface area contributed by atoms with Gasteiger partial charge in [-0.05, 0) is 73.4 Å². The Kier molecular flexibility index (Phi) is 5.43. The minimum atomic E-state index is -0.895. The number of benzene rings is 2. The van der Waals surface area contributed by atoms with Crippen molar-refractivity contribution in [1.82, 2.24) is 9.72 Å². The highest BCUT2D eigenvalue weighted by Gasteiger charge is 2.44. The van der Waals surface area contributed by atoms with Crippen LogP contribution in [-0.2, 0) is 7.05 Å². The van der Waals surface area contributed by atoms with Crippen molar-refractivity contribution in [1.29, 1.82) is 0 Å². The molecule has 1 N–H and O–H groups in total.